The Morgan fingerprint density at radius 2 is 2.21 bits per heavy atom. The summed E-state index contributed by atoms with van der Waals surface area (Å²) in [5.41, 5.74) is 1.83. The smallest absolute Gasteiger partial charge is 0.345 e. The van der Waals surface area contributed by atoms with E-state index in [2.05, 4.69) is 11.3 Å². The van der Waals surface area contributed by atoms with E-state index in [0.29, 0.717) is 12.4 Å². The van der Waals surface area contributed by atoms with Gasteiger partial charge in [0.15, 0.2) is 0 Å². The molecule has 0 saturated carbocycles. The lowest BCUT2D eigenvalue weighted by Gasteiger charge is -2.11. The van der Waals surface area contributed by atoms with Crippen molar-refractivity contribution in [3.8, 4) is 11.5 Å². The van der Waals surface area contributed by atoms with E-state index >= 15 is 0 Å². The SMILES string of the molecule is C=COC(=O)c1cc(Cl)c(Oc2ccc3c(c2)COB3C)cc1F. The van der Waals surface area contributed by atoms with Gasteiger partial charge in [-0.3, -0.25) is 0 Å². The van der Waals surface area contributed by atoms with Crippen LogP contribution in [0.2, 0.25) is 11.8 Å². The zero-order valence-electron chi connectivity index (χ0n) is 12.8. The van der Waals surface area contributed by atoms with Crippen molar-refractivity contribution in [1.82, 2.24) is 0 Å². The van der Waals surface area contributed by atoms with Crippen molar-refractivity contribution in [2.24, 2.45) is 0 Å². The molecule has 3 rings (SSSR count). The van der Waals surface area contributed by atoms with E-state index < -0.39 is 11.8 Å². The van der Waals surface area contributed by atoms with E-state index in [9.17, 15) is 9.18 Å². The highest BCUT2D eigenvalue weighted by Gasteiger charge is 2.24. The zero-order chi connectivity index (χ0) is 17.3. The van der Waals surface area contributed by atoms with Crippen LogP contribution in [0.4, 0.5) is 4.39 Å². The third kappa shape index (κ3) is 3.16. The van der Waals surface area contributed by atoms with Crippen LogP contribution in [0.5, 0.6) is 11.5 Å². The Balaban J connectivity index is 1.87. The average molecular weight is 347 g/mol. The molecule has 1 aliphatic heterocycles. The molecule has 0 amide bonds. The molecular weight excluding hydrogens is 333 g/mol. The molecule has 0 spiro atoms. The van der Waals surface area contributed by atoms with Crippen LogP contribution in [0.15, 0.2) is 43.2 Å². The summed E-state index contributed by atoms with van der Waals surface area (Å²) < 4.78 is 29.8. The van der Waals surface area contributed by atoms with E-state index in [1.165, 1.54) is 0 Å². The maximum absolute atomic E-state index is 14.1. The molecule has 2 aromatic carbocycles. The van der Waals surface area contributed by atoms with Gasteiger partial charge < -0.3 is 14.1 Å². The molecule has 7 heteroatoms. The number of ether oxygens (including phenoxy) is 2. The number of halogens is 2. The Kier molecular flexibility index (Phi) is 4.60. The number of esters is 1. The van der Waals surface area contributed by atoms with Gasteiger partial charge in [-0.1, -0.05) is 31.1 Å². The van der Waals surface area contributed by atoms with E-state index in [0.717, 1.165) is 29.4 Å². The van der Waals surface area contributed by atoms with E-state index in [-0.39, 0.29) is 23.3 Å². The summed E-state index contributed by atoms with van der Waals surface area (Å²) in [7, 11) is 0. The second-order valence-corrected chi connectivity index (χ2v) is 5.66. The molecule has 122 valence electrons. The number of carbonyl (C=O) groups is 1. The van der Waals surface area contributed by atoms with Crippen molar-refractivity contribution in [1.29, 1.82) is 0 Å². The van der Waals surface area contributed by atoms with Crippen LogP contribution in [0.3, 0.4) is 0 Å². The summed E-state index contributed by atoms with van der Waals surface area (Å²) in [4.78, 5) is 11.6. The summed E-state index contributed by atoms with van der Waals surface area (Å²) in [6.07, 6.45) is 0.924. The van der Waals surface area contributed by atoms with Crippen molar-refractivity contribution < 1.29 is 23.3 Å². The molecule has 1 aliphatic rings. The first-order valence-electron chi connectivity index (χ1n) is 7.23. The Labute approximate surface area is 143 Å². The van der Waals surface area contributed by atoms with E-state index in [1.54, 1.807) is 6.07 Å². The van der Waals surface area contributed by atoms with Gasteiger partial charge in [-0.05, 0) is 29.2 Å². The van der Waals surface area contributed by atoms with Crippen LogP contribution >= 0.6 is 11.6 Å². The molecular formula is C17H13BClFO4. The van der Waals surface area contributed by atoms with Gasteiger partial charge in [0.05, 0.1) is 23.5 Å². The van der Waals surface area contributed by atoms with Crippen LogP contribution in [0, 0.1) is 5.82 Å². The van der Waals surface area contributed by atoms with Gasteiger partial charge in [0, 0.05) is 6.07 Å². The first-order valence-corrected chi connectivity index (χ1v) is 7.60. The molecule has 0 unspecified atom stereocenters. The predicted molar refractivity (Wildman–Crippen MR) is 89.6 cm³/mol. The summed E-state index contributed by atoms with van der Waals surface area (Å²) in [5.74, 6) is -1.05. The van der Waals surface area contributed by atoms with Crippen LogP contribution in [-0.2, 0) is 16.0 Å². The Morgan fingerprint density at radius 3 is 2.96 bits per heavy atom. The highest BCUT2D eigenvalue weighted by molar-refractivity contribution is 6.67. The van der Waals surface area contributed by atoms with E-state index in [1.807, 2.05) is 19.0 Å². The summed E-state index contributed by atoms with van der Waals surface area (Å²) in [6, 6.07) is 7.71. The highest BCUT2D eigenvalue weighted by atomic mass is 35.5. The lowest BCUT2D eigenvalue weighted by atomic mass is 9.64. The molecule has 2 aromatic rings. The van der Waals surface area contributed by atoms with Gasteiger partial charge in [0.25, 0.3) is 0 Å². The van der Waals surface area contributed by atoms with Crippen LogP contribution in [0.1, 0.15) is 15.9 Å². The minimum atomic E-state index is -0.875. The Morgan fingerprint density at radius 1 is 1.42 bits per heavy atom. The summed E-state index contributed by atoms with van der Waals surface area (Å²) >= 11 is 6.09. The fourth-order valence-corrected chi connectivity index (χ4v) is 2.70. The molecule has 0 radical (unpaired) electrons. The second kappa shape index (κ2) is 6.67. The van der Waals surface area contributed by atoms with Crippen LogP contribution in [0.25, 0.3) is 0 Å². The minimum absolute atomic E-state index is 0.0465. The number of benzene rings is 2. The van der Waals surface area contributed by atoms with Crippen LogP contribution in [-0.4, -0.2) is 12.9 Å². The number of hydrogen-bond donors (Lipinski definition) is 0. The monoisotopic (exact) mass is 346 g/mol. The molecule has 0 N–H and O–H groups in total. The van der Waals surface area contributed by atoms with Crippen molar-refractivity contribution >= 4 is 29.9 Å². The maximum atomic E-state index is 14.1. The quantitative estimate of drug-likeness (QED) is 0.478. The fourth-order valence-electron chi connectivity index (χ4n) is 2.50. The topological polar surface area (TPSA) is 44.8 Å². The van der Waals surface area contributed by atoms with Gasteiger partial charge in [-0.2, -0.15) is 0 Å². The van der Waals surface area contributed by atoms with Crippen molar-refractivity contribution in [2.45, 2.75) is 13.4 Å². The first kappa shape index (κ1) is 16.5. The number of carbonyl (C=O) groups excluding carboxylic acids is 1. The summed E-state index contributed by atoms with van der Waals surface area (Å²) in [6.45, 7) is 5.77. The average Bonchev–Trinajstić information content (AvgIpc) is 2.91. The molecule has 4 nitrogen and oxygen atoms in total. The summed E-state index contributed by atoms with van der Waals surface area (Å²) in [5, 5.41) is 0.0949. The Hall–Kier alpha value is -2.31. The maximum Gasteiger partial charge on any atom is 0.345 e. The molecule has 0 saturated heterocycles. The number of fused-ring (bicyclic) bond motifs is 1. The third-order valence-electron chi connectivity index (χ3n) is 3.70. The van der Waals surface area contributed by atoms with Gasteiger partial charge in [0.2, 0.25) is 0 Å². The standard InChI is InChI=1S/C17H13BClFO4/c1-3-22-17(21)12-7-14(19)16(8-15(12)20)24-11-4-5-13-10(6-11)9-23-18(13)2/h3-8H,1,9H2,2H3. The third-order valence-corrected chi connectivity index (χ3v) is 4.00. The normalized spacial score (nSPS) is 12.7. The number of hydrogen-bond acceptors (Lipinski definition) is 4. The fraction of sp³-hybridized carbons (Fsp3) is 0.118. The zero-order valence-corrected chi connectivity index (χ0v) is 13.6. The molecule has 1 heterocycles. The van der Waals surface area contributed by atoms with Gasteiger partial charge in [-0.15, -0.1) is 0 Å². The van der Waals surface area contributed by atoms with Crippen molar-refractivity contribution in [2.75, 3.05) is 0 Å². The minimum Gasteiger partial charge on any atom is -0.456 e. The van der Waals surface area contributed by atoms with Gasteiger partial charge in [-0.25, -0.2) is 9.18 Å². The highest BCUT2D eigenvalue weighted by Crippen LogP contribution is 2.32. The Bertz CT molecular complexity index is 824. The molecule has 0 fully saturated rings. The first-order chi connectivity index (χ1) is 11.5. The lowest BCUT2D eigenvalue weighted by molar-refractivity contribution is 0.0659. The van der Waals surface area contributed by atoms with Crippen LogP contribution < -0.4 is 10.2 Å². The van der Waals surface area contributed by atoms with Gasteiger partial charge in [0.1, 0.15) is 17.3 Å². The second-order valence-electron chi connectivity index (χ2n) is 5.25. The van der Waals surface area contributed by atoms with Gasteiger partial charge >= 0.3 is 12.9 Å². The molecule has 0 aliphatic carbocycles. The van der Waals surface area contributed by atoms with E-state index in [4.69, 9.17) is 21.0 Å². The molecule has 0 atom stereocenters. The molecule has 0 bridgehead atoms. The number of rotatable bonds is 4. The molecule has 24 heavy (non-hydrogen) atoms. The lowest BCUT2D eigenvalue weighted by Crippen LogP contribution is -2.23. The van der Waals surface area contributed by atoms with Crippen molar-refractivity contribution in [3.63, 3.8) is 0 Å². The van der Waals surface area contributed by atoms with Crippen molar-refractivity contribution in [3.05, 3.63) is 65.1 Å². The molecule has 0 aromatic heterocycles. The largest absolute Gasteiger partial charge is 0.456 e. The predicted octanol–water partition coefficient (Wildman–Crippen LogP) is 3.93.